The van der Waals surface area contributed by atoms with Gasteiger partial charge in [-0.15, -0.1) is 0 Å². The van der Waals surface area contributed by atoms with Crippen molar-refractivity contribution >= 4 is 5.71 Å². The molecule has 0 heterocycles. The molecule has 0 unspecified atom stereocenters. The number of hydrogen-bond acceptors (Lipinski definition) is 2. The highest BCUT2D eigenvalue weighted by Crippen LogP contribution is 2.17. The minimum Gasteiger partial charge on any atom is -0.508 e. The third-order valence-electron chi connectivity index (χ3n) is 1.96. The highest BCUT2D eigenvalue weighted by atomic mass is 16.3. The molecule has 0 aliphatic rings. The minimum absolute atomic E-state index is 0.329. The van der Waals surface area contributed by atoms with Crippen LogP contribution in [-0.2, 0) is 0 Å². The fourth-order valence-electron chi connectivity index (χ4n) is 0.964. The summed E-state index contributed by atoms with van der Waals surface area (Å²) in [6, 6.07) is 5.58. The molecule has 1 N–H and O–H groups in total. The Bertz CT molecular complexity index is 316. The summed E-state index contributed by atoms with van der Waals surface area (Å²) in [4.78, 5) is 4.04. The molecule has 0 saturated carbocycles. The van der Waals surface area contributed by atoms with Crippen LogP contribution in [0.1, 0.15) is 18.1 Å². The van der Waals surface area contributed by atoms with Gasteiger partial charge in [-0.25, -0.2) is 0 Å². The van der Waals surface area contributed by atoms with Gasteiger partial charge in [0, 0.05) is 12.8 Å². The number of aromatic hydroxyl groups is 1. The smallest absolute Gasteiger partial charge is 0.119 e. The summed E-state index contributed by atoms with van der Waals surface area (Å²) in [6.45, 7) is 3.79. The molecule has 0 amide bonds. The van der Waals surface area contributed by atoms with Gasteiger partial charge >= 0.3 is 0 Å². The van der Waals surface area contributed by atoms with E-state index < -0.39 is 0 Å². The second-order valence-corrected chi connectivity index (χ2v) is 2.81. The van der Waals surface area contributed by atoms with Gasteiger partial charge in [0.25, 0.3) is 0 Å². The largest absolute Gasteiger partial charge is 0.508 e. The topological polar surface area (TPSA) is 32.6 Å². The lowest BCUT2D eigenvalue weighted by molar-refractivity contribution is 0.471. The third-order valence-corrected chi connectivity index (χ3v) is 1.96. The standard InChI is InChI=1S/C10H13NO/c1-7-4-5-9(6-10(7)12)8(2)11-3/h4-6,12H,1-3H3. The van der Waals surface area contributed by atoms with Crippen LogP contribution in [0.2, 0.25) is 0 Å². The number of phenols is 1. The van der Waals surface area contributed by atoms with Gasteiger partial charge in [-0.3, -0.25) is 4.99 Å². The highest BCUT2D eigenvalue weighted by molar-refractivity contribution is 5.98. The van der Waals surface area contributed by atoms with Crippen molar-refractivity contribution < 1.29 is 5.11 Å². The number of hydrogen-bond donors (Lipinski definition) is 1. The van der Waals surface area contributed by atoms with Crippen LogP contribution in [0, 0.1) is 6.92 Å². The van der Waals surface area contributed by atoms with Gasteiger partial charge in [-0.2, -0.15) is 0 Å². The van der Waals surface area contributed by atoms with Crippen LogP contribution < -0.4 is 0 Å². The van der Waals surface area contributed by atoms with Crippen molar-refractivity contribution in [2.45, 2.75) is 13.8 Å². The Morgan fingerprint density at radius 1 is 1.42 bits per heavy atom. The maximum atomic E-state index is 9.39. The molecule has 12 heavy (non-hydrogen) atoms. The molecule has 1 rings (SSSR count). The molecule has 0 saturated heterocycles. The average Bonchev–Trinajstić information content (AvgIpc) is 2.08. The van der Waals surface area contributed by atoms with Crippen molar-refractivity contribution in [1.82, 2.24) is 0 Å². The summed E-state index contributed by atoms with van der Waals surface area (Å²) in [6.07, 6.45) is 0. The monoisotopic (exact) mass is 163 g/mol. The predicted octanol–water partition coefficient (Wildman–Crippen LogP) is 2.14. The van der Waals surface area contributed by atoms with Gasteiger partial charge < -0.3 is 5.11 Å². The van der Waals surface area contributed by atoms with Crippen LogP contribution in [-0.4, -0.2) is 17.9 Å². The third kappa shape index (κ3) is 1.64. The molecular weight excluding hydrogens is 150 g/mol. The maximum absolute atomic E-state index is 9.39. The summed E-state index contributed by atoms with van der Waals surface area (Å²) in [5.41, 5.74) is 2.80. The van der Waals surface area contributed by atoms with E-state index in [0.29, 0.717) is 5.75 Å². The zero-order valence-corrected chi connectivity index (χ0v) is 7.63. The van der Waals surface area contributed by atoms with E-state index in [1.54, 1.807) is 13.1 Å². The molecular formula is C10H13NO. The summed E-state index contributed by atoms with van der Waals surface area (Å²) >= 11 is 0. The average molecular weight is 163 g/mol. The normalized spacial score (nSPS) is 11.8. The predicted molar refractivity (Wildman–Crippen MR) is 51.0 cm³/mol. The lowest BCUT2D eigenvalue weighted by atomic mass is 10.1. The molecule has 0 aliphatic heterocycles. The van der Waals surface area contributed by atoms with E-state index in [1.807, 2.05) is 26.0 Å². The van der Waals surface area contributed by atoms with Gasteiger partial charge in [0.05, 0.1) is 0 Å². The fourth-order valence-corrected chi connectivity index (χ4v) is 0.964. The van der Waals surface area contributed by atoms with E-state index >= 15 is 0 Å². The molecule has 0 spiro atoms. The van der Waals surface area contributed by atoms with E-state index in [-0.39, 0.29) is 0 Å². The van der Waals surface area contributed by atoms with Gasteiger partial charge in [0.1, 0.15) is 5.75 Å². The lowest BCUT2D eigenvalue weighted by Crippen LogP contribution is -1.93. The number of phenolic OH excluding ortho intramolecular Hbond substituents is 1. The molecule has 0 atom stereocenters. The molecule has 0 bridgehead atoms. The fraction of sp³-hybridized carbons (Fsp3) is 0.300. The number of nitrogens with zero attached hydrogens (tertiary/aromatic N) is 1. The first kappa shape index (κ1) is 8.78. The van der Waals surface area contributed by atoms with Gasteiger partial charge in [-0.05, 0) is 31.0 Å². The number of aliphatic imine (C=N–C) groups is 1. The van der Waals surface area contributed by atoms with Gasteiger partial charge in [0.15, 0.2) is 0 Å². The van der Waals surface area contributed by atoms with Crippen molar-refractivity contribution in [3.05, 3.63) is 29.3 Å². The van der Waals surface area contributed by atoms with Crippen LogP contribution in [0.5, 0.6) is 5.75 Å². The second kappa shape index (κ2) is 3.39. The Morgan fingerprint density at radius 3 is 2.58 bits per heavy atom. The molecule has 1 aromatic carbocycles. The first-order valence-electron chi connectivity index (χ1n) is 3.88. The Hall–Kier alpha value is -1.31. The first-order chi connectivity index (χ1) is 5.65. The van der Waals surface area contributed by atoms with Crippen molar-refractivity contribution in [3.8, 4) is 5.75 Å². The quantitative estimate of drug-likeness (QED) is 0.632. The van der Waals surface area contributed by atoms with Crippen molar-refractivity contribution in [1.29, 1.82) is 0 Å². The number of aryl methyl sites for hydroxylation is 1. The lowest BCUT2D eigenvalue weighted by Gasteiger charge is -2.02. The van der Waals surface area contributed by atoms with Crippen LogP contribution in [0.3, 0.4) is 0 Å². The van der Waals surface area contributed by atoms with Crippen molar-refractivity contribution in [3.63, 3.8) is 0 Å². The molecule has 64 valence electrons. The number of benzene rings is 1. The summed E-state index contributed by atoms with van der Waals surface area (Å²) < 4.78 is 0. The van der Waals surface area contributed by atoms with Crippen LogP contribution in [0.25, 0.3) is 0 Å². The Balaban J connectivity index is 3.13. The summed E-state index contributed by atoms with van der Waals surface area (Å²) in [5, 5.41) is 9.39. The zero-order chi connectivity index (χ0) is 9.14. The Kier molecular flexibility index (Phi) is 2.48. The Morgan fingerprint density at radius 2 is 2.08 bits per heavy atom. The second-order valence-electron chi connectivity index (χ2n) is 2.81. The molecule has 1 aromatic rings. The summed E-state index contributed by atoms with van der Waals surface area (Å²) in [5.74, 6) is 0.329. The van der Waals surface area contributed by atoms with E-state index in [1.165, 1.54) is 0 Å². The van der Waals surface area contributed by atoms with Crippen molar-refractivity contribution in [2.24, 2.45) is 4.99 Å². The van der Waals surface area contributed by atoms with Gasteiger partial charge in [0.2, 0.25) is 0 Å². The van der Waals surface area contributed by atoms with Crippen molar-refractivity contribution in [2.75, 3.05) is 7.05 Å². The van der Waals surface area contributed by atoms with E-state index in [4.69, 9.17) is 0 Å². The Labute approximate surface area is 72.6 Å². The maximum Gasteiger partial charge on any atom is 0.119 e. The van der Waals surface area contributed by atoms with Crippen LogP contribution in [0.15, 0.2) is 23.2 Å². The SMILES string of the molecule is CN=C(C)c1ccc(C)c(O)c1. The molecule has 0 fully saturated rings. The van der Waals surface area contributed by atoms with E-state index in [0.717, 1.165) is 16.8 Å². The minimum atomic E-state index is 0.329. The summed E-state index contributed by atoms with van der Waals surface area (Å²) in [7, 11) is 1.74. The number of rotatable bonds is 1. The molecule has 2 heteroatoms. The first-order valence-corrected chi connectivity index (χ1v) is 3.88. The highest BCUT2D eigenvalue weighted by Gasteiger charge is 1.99. The molecule has 0 radical (unpaired) electrons. The van der Waals surface area contributed by atoms with E-state index in [2.05, 4.69) is 4.99 Å². The molecule has 0 aliphatic carbocycles. The van der Waals surface area contributed by atoms with Crippen LogP contribution >= 0.6 is 0 Å². The molecule has 0 aromatic heterocycles. The zero-order valence-electron chi connectivity index (χ0n) is 7.63. The molecule has 2 nitrogen and oxygen atoms in total. The van der Waals surface area contributed by atoms with Crippen LogP contribution in [0.4, 0.5) is 0 Å². The van der Waals surface area contributed by atoms with Gasteiger partial charge in [-0.1, -0.05) is 12.1 Å². The van der Waals surface area contributed by atoms with E-state index in [9.17, 15) is 5.11 Å².